The molecule has 0 amide bonds. The van der Waals surface area contributed by atoms with E-state index < -0.39 is 20.2 Å². The van der Waals surface area contributed by atoms with Crippen LogP contribution in [0.3, 0.4) is 0 Å². The Kier molecular flexibility index (Phi) is 25.7. The van der Waals surface area contributed by atoms with Crippen LogP contribution in [0.25, 0.3) is 0 Å². The van der Waals surface area contributed by atoms with Gasteiger partial charge < -0.3 is 18.6 Å². The van der Waals surface area contributed by atoms with Gasteiger partial charge in [-0.05, 0) is 85.3 Å². The molecular formula is C46H62CaO8S2. The van der Waals surface area contributed by atoms with E-state index in [-0.39, 0.29) is 47.5 Å². The smallest absolute Gasteiger partial charge is 0.744 e. The summed E-state index contributed by atoms with van der Waals surface area (Å²) in [6.45, 7) is 4.46. The van der Waals surface area contributed by atoms with Crippen molar-refractivity contribution in [3.63, 3.8) is 0 Å². The summed E-state index contributed by atoms with van der Waals surface area (Å²) >= 11 is 0. The van der Waals surface area contributed by atoms with E-state index in [0.29, 0.717) is 23.0 Å². The number of rotatable bonds is 26. The van der Waals surface area contributed by atoms with Gasteiger partial charge in [0.05, 0.1) is 9.79 Å². The van der Waals surface area contributed by atoms with Gasteiger partial charge >= 0.3 is 37.7 Å². The Labute approximate surface area is 373 Å². The van der Waals surface area contributed by atoms with Gasteiger partial charge in [0.2, 0.25) is 0 Å². The molecule has 0 saturated heterocycles. The Morgan fingerprint density at radius 2 is 0.719 bits per heavy atom. The van der Waals surface area contributed by atoms with Crippen LogP contribution in [0, 0.1) is 0 Å². The molecule has 0 heterocycles. The zero-order valence-electron chi connectivity index (χ0n) is 34.2. The predicted molar refractivity (Wildman–Crippen MR) is 229 cm³/mol. The minimum atomic E-state index is -4.51. The van der Waals surface area contributed by atoms with Crippen molar-refractivity contribution in [2.24, 2.45) is 0 Å². The van der Waals surface area contributed by atoms with Crippen molar-refractivity contribution < 1.29 is 35.4 Å². The topological polar surface area (TPSA) is 133 Å². The molecule has 8 nitrogen and oxygen atoms in total. The summed E-state index contributed by atoms with van der Waals surface area (Å²) in [5, 5.41) is 0. The number of ether oxygens (including phenoxy) is 2. The van der Waals surface area contributed by atoms with Crippen LogP contribution in [0.15, 0.2) is 107 Å². The Balaban J connectivity index is 0.000000387. The third-order valence-corrected chi connectivity index (χ3v) is 11.4. The minimum Gasteiger partial charge on any atom is -0.744 e. The fraction of sp³-hybridized carbons (Fsp3) is 0.478. The van der Waals surface area contributed by atoms with Crippen LogP contribution in [-0.2, 0) is 33.1 Å². The second-order valence-electron chi connectivity index (χ2n) is 14.4. The van der Waals surface area contributed by atoms with Gasteiger partial charge in [-0.1, -0.05) is 165 Å². The molecule has 11 heteroatoms. The molecule has 4 rings (SSSR count). The first kappa shape index (κ1) is 50.7. The summed E-state index contributed by atoms with van der Waals surface area (Å²) in [5.74, 6) is 2.14. The van der Waals surface area contributed by atoms with Gasteiger partial charge in [0.25, 0.3) is 0 Å². The maximum atomic E-state index is 11.4. The SMILES string of the molecule is CCCCCCCCCCCc1ccc(S(=O)(=O)[O-])cc1Oc1ccccc1.CCCCCCCCCCCc1ccc(S(=O)(=O)[O-])cc1Oc1ccccc1.[Ca+2]. The predicted octanol–water partition coefficient (Wildman–Crippen LogP) is 12.5. The molecule has 0 unspecified atom stereocenters. The van der Waals surface area contributed by atoms with Gasteiger partial charge in [0.1, 0.15) is 43.2 Å². The number of aryl methyl sites for hydroxylation is 2. The van der Waals surface area contributed by atoms with Crippen LogP contribution < -0.4 is 9.47 Å². The third-order valence-electron chi connectivity index (χ3n) is 9.70. The van der Waals surface area contributed by atoms with E-state index in [1.165, 1.54) is 114 Å². The number of benzene rings is 4. The average molecular weight is 847 g/mol. The normalized spacial score (nSPS) is 11.3. The molecular weight excluding hydrogens is 785 g/mol. The van der Waals surface area contributed by atoms with Gasteiger partial charge in [-0.15, -0.1) is 0 Å². The quantitative estimate of drug-likeness (QED) is 0.0346. The fourth-order valence-electron chi connectivity index (χ4n) is 6.47. The van der Waals surface area contributed by atoms with E-state index in [2.05, 4.69) is 13.8 Å². The zero-order chi connectivity index (χ0) is 40.5. The molecule has 0 N–H and O–H groups in total. The fourth-order valence-corrected chi connectivity index (χ4v) is 7.44. The Morgan fingerprint density at radius 1 is 0.421 bits per heavy atom. The molecule has 0 saturated carbocycles. The molecule has 0 aliphatic carbocycles. The molecule has 0 aliphatic heterocycles. The van der Waals surface area contributed by atoms with Gasteiger partial charge in [-0.2, -0.15) is 0 Å². The van der Waals surface area contributed by atoms with Crippen molar-refractivity contribution in [2.45, 2.75) is 152 Å². The first-order chi connectivity index (χ1) is 27.0. The summed E-state index contributed by atoms with van der Waals surface area (Å²) in [5.41, 5.74) is 1.86. The third kappa shape index (κ3) is 21.4. The van der Waals surface area contributed by atoms with E-state index in [0.717, 1.165) is 49.7 Å². The molecule has 57 heavy (non-hydrogen) atoms. The molecule has 0 fully saturated rings. The van der Waals surface area contributed by atoms with Gasteiger partial charge in [0, 0.05) is 0 Å². The summed E-state index contributed by atoms with van der Waals surface area (Å²) in [4.78, 5) is -0.511. The monoisotopic (exact) mass is 846 g/mol. The van der Waals surface area contributed by atoms with Crippen molar-refractivity contribution in [3.8, 4) is 23.0 Å². The largest absolute Gasteiger partial charge is 2.00 e. The average Bonchev–Trinajstić information content (AvgIpc) is 3.18. The molecule has 0 aromatic heterocycles. The van der Waals surface area contributed by atoms with E-state index in [4.69, 9.17) is 9.47 Å². The van der Waals surface area contributed by atoms with Crippen molar-refractivity contribution in [3.05, 3.63) is 108 Å². The second kappa shape index (κ2) is 28.9. The maximum Gasteiger partial charge on any atom is 2.00 e. The maximum absolute atomic E-state index is 11.4. The number of para-hydroxylation sites is 2. The summed E-state index contributed by atoms with van der Waals surface area (Å²) in [6.07, 6.45) is 24.0. The number of unbranched alkanes of at least 4 members (excludes halogenated alkanes) is 16. The molecule has 0 atom stereocenters. The van der Waals surface area contributed by atoms with Crippen molar-refractivity contribution >= 4 is 58.0 Å². The molecule has 0 radical (unpaired) electrons. The molecule has 0 aliphatic rings. The molecule has 4 aromatic carbocycles. The van der Waals surface area contributed by atoms with Crippen LogP contribution in [-0.4, -0.2) is 63.7 Å². The van der Waals surface area contributed by atoms with Crippen LogP contribution in [0.4, 0.5) is 0 Å². The second-order valence-corrected chi connectivity index (χ2v) is 17.2. The van der Waals surface area contributed by atoms with Crippen LogP contribution >= 0.6 is 0 Å². The zero-order valence-corrected chi connectivity index (χ0v) is 38.0. The Hall–Kier alpha value is -2.44. The molecule has 4 aromatic rings. The van der Waals surface area contributed by atoms with Gasteiger partial charge in [0.15, 0.2) is 0 Å². The van der Waals surface area contributed by atoms with E-state index in [1.807, 2.05) is 36.4 Å². The first-order valence-electron chi connectivity index (χ1n) is 20.6. The summed E-state index contributed by atoms with van der Waals surface area (Å²) < 4.78 is 79.9. The standard InChI is InChI=1S/2C23H32O4S.Ca/c2*1-2-3-4-5-6-7-8-9-11-14-20-17-18-22(28(24,25)26)19-23(20)27-21-15-12-10-13-16-21;/h2*10,12-13,15-19H,2-9,11,14H2,1H3,(H,24,25,26);/q;;+2/p-2. The number of hydrogen-bond acceptors (Lipinski definition) is 8. The summed E-state index contributed by atoms with van der Waals surface area (Å²) in [6, 6.07) is 27.2. The van der Waals surface area contributed by atoms with Gasteiger partial charge in [-0.25, -0.2) is 16.8 Å². The summed E-state index contributed by atoms with van der Waals surface area (Å²) in [7, 11) is -9.01. The molecule has 308 valence electrons. The van der Waals surface area contributed by atoms with E-state index in [1.54, 1.807) is 36.4 Å². The van der Waals surface area contributed by atoms with Gasteiger partial charge in [-0.3, -0.25) is 0 Å². The molecule has 0 spiro atoms. The Morgan fingerprint density at radius 3 is 1.02 bits per heavy atom. The number of hydrogen-bond donors (Lipinski definition) is 0. The first-order valence-corrected chi connectivity index (χ1v) is 23.5. The van der Waals surface area contributed by atoms with E-state index in [9.17, 15) is 25.9 Å². The van der Waals surface area contributed by atoms with Crippen LogP contribution in [0.1, 0.15) is 141 Å². The Bertz CT molecular complexity index is 1750. The van der Waals surface area contributed by atoms with Crippen molar-refractivity contribution in [2.75, 3.05) is 0 Å². The van der Waals surface area contributed by atoms with E-state index >= 15 is 0 Å². The molecule has 0 bridgehead atoms. The minimum absolute atomic E-state index is 0. The van der Waals surface area contributed by atoms with Crippen molar-refractivity contribution in [1.29, 1.82) is 0 Å². The van der Waals surface area contributed by atoms with Crippen LogP contribution in [0.2, 0.25) is 0 Å². The van der Waals surface area contributed by atoms with Crippen molar-refractivity contribution in [1.82, 2.24) is 0 Å². The van der Waals surface area contributed by atoms with Crippen LogP contribution in [0.5, 0.6) is 23.0 Å².